The molecule has 1 fully saturated rings. The molecule has 5 rings (SSSR count). The first-order valence-electron chi connectivity index (χ1n) is 10.2. The molecule has 0 unspecified atom stereocenters. The number of aromatic nitrogens is 5. The molecule has 0 amide bonds. The Morgan fingerprint density at radius 3 is 2.56 bits per heavy atom. The molecule has 1 N–H and O–H groups in total. The number of halogens is 4. The summed E-state index contributed by atoms with van der Waals surface area (Å²) >= 11 is 6.27. The van der Waals surface area contributed by atoms with E-state index < -0.39 is 17.3 Å². The predicted octanol–water partition coefficient (Wildman–Crippen LogP) is 5.64. The van der Waals surface area contributed by atoms with E-state index in [2.05, 4.69) is 15.2 Å². The Kier molecular flexibility index (Phi) is 4.70. The number of hydrogen-bond donors (Lipinski definition) is 1. The lowest BCUT2D eigenvalue weighted by molar-refractivity contribution is -0.137. The van der Waals surface area contributed by atoms with Gasteiger partial charge in [-0.25, -0.2) is 4.98 Å². The first-order valence-corrected chi connectivity index (χ1v) is 10.6. The van der Waals surface area contributed by atoms with Crippen molar-refractivity contribution in [1.29, 1.82) is 0 Å². The number of alkyl halides is 3. The third-order valence-corrected chi connectivity index (χ3v) is 6.63. The molecule has 0 spiro atoms. The van der Waals surface area contributed by atoms with Crippen LogP contribution in [0.1, 0.15) is 36.7 Å². The Labute approximate surface area is 187 Å². The minimum Gasteiger partial charge on any atom is -0.357 e. The van der Waals surface area contributed by atoms with E-state index in [1.807, 2.05) is 30.9 Å². The van der Waals surface area contributed by atoms with E-state index >= 15 is 0 Å². The third-order valence-electron chi connectivity index (χ3n) is 6.22. The molecule has 166 valence electrons. The van der Waals surface area contributed by atoms with Crippen molar-refractivity contribution in [3.8, 4) is 5.69 Å². The fourth-order valence-electron chi connectivity index (χ4n) is 4.46. The first-order chi connectivity index (χ1) is 15.2. The second kappa shape index (κ2) is 7.23. The summed E-state index contributed by atoms with van der Waals surface area (Å²) in [5.41, 5.74) is 1.99. The van der Waals surface area contributed by atoms with Crippen molar-refractivity contribution in [2.75, 3.05) is 11.4 Å². The van der Waals surface area contributed by atoms with Gasteiger partial charge in [-0.3, -0.25) is 0 Å². The Morgan fingerprint density at radius 1 is 1.09 bits per heavy atom. The van der Waals surface area contributed by atoms with Crippen LogP contribution in [0.4, 0.5) is 18.9 Å². The monoisotopic (exact) mass is 460 g/mol. The third kappa shape index (κ3) is 3.23. The van der Waals surface area contributed by atoms with E-state index in [9.17, 15) is 13.2 Å². The van der Waals surface area contributed by atoms with Crippen molar-refractivity contribution in [3.63, 3.8) is 0 Å². The number of H-pyrrole nitrogens is 1. The van der Waals surface area contributed by atoms with Crippen LogP contribution in [0.3, 0.4) is 0 Å². The largest absolute Gasteiger partial charge is 0.416 e. The topological polar surface area (TPSA) is 62.6 Å². The van der Waals surface area contributed by atoms with Crippen molar-refractivity contribution in [2.45, 2.75) is 38.4 Å². The number of rotatable bonds is 3. The first kappa shape index (κ1) is 20.8. The molecule has 1 aliphatic rings. The Morgan fingerprint density at radius 2 is 1.84 bits per heavy atom. The van der Waals surface area contributed by atoms with E-state index in [4.69, 9.17) is 16.6 Å². The molecule has 0 saturated carbocycles. The summed E-state index contributed by atoms with van der Waals surface area (Å²) in [6.07, 6.45) is 0.0539. The zero-order valence-electron chi connectivity index (χ0n) is 17.4. The summed E-state index contributed by atoms with van der Waals surface area (Å²) in [4.78, 5) is 11.5. The number of nitrogens with zero attached hydrogens (tertiary/aromatic N) is 5. The highest BCUT2D eigenvalue weighted by molar-refractivity contribution is 6.32. The van der Waals surface area contributed by atoms with Crippen molar-refractivity contribution in [3.05, 3.63) is 64.7 Å². The number of imidazole rings is 1. The van der Waals surface area contributed by atoms with E-state index in [-0.39, 0.29) is 0 Å². The van der Waals surface area contributed by atoms with Gasteiger partial charge in [-0.1, -0.05) is 11.6 Å². The van der Waals surface area contributed by atoms with Gasteiger partial charge >= 0.3 is 6.18 Å². The molecule has 6 nitrogen and oxygen atoms in total. The van der Waals surface area contributed by atoms with Crippen molar-refractivity contribution in [2.24, 2.45) is 0 Å². The Balaban J connectivity index is 1.68. The number of nitrogens with one attached hydrogen (secondary N) is 1. The van der Waals surface area contributed by atoms with Crippen LogP contribution in [-0.2, 0) is 11.7 Å². The van der Waals surface area contributed by atoms with Gasteiger partial charge in [-0.2, -0.15) is 23.4 Å². The number of aryl methyl sites for hydroxylation is 1. The SMILES string of the molecule is Cc1c(Cl)ccc2[nH]c([C@]3(C)CCCN3c3cc(C(F)(F)F)ccc3-n3nccn3)nc12. The van der Waals surface area contributed by atoms with E-state index in [1.165, 1.54) is 29.3 Å². The lowest BCUT2D eigenvalue weighted by Gasteiger charge is -2.36. The van der Waals surface area contributed by atoms with Gasteiger partial charge in [0.05, 0.1) is 40.2 Å². The van der Waals surface area contributed by atoms with Crippen LogP contribution >= 0.6 is 11.6 Å². The molecule has 1 atom stereocenters. The maximum Gasteiger partial charge on any atom is 0.416 e. The summed E-state index contributed by atoms with van der Waals surface area (Å²) in [6.45, 7) is 4.47. The highest BCUT2D eigenvalue weighted by Crippen LogP contribution is 2.45. The molecule has 10 heteroatoms. The molecular weight excluding hydrogens is 441 g/mol. The van der Waals surface area contributed by atoms with Gasteiger partial charge in [0.15, 0.2) is 0 Å². The summed E-state index contributed by atoms with van der Waals surface area (Å²) in [5.74, 6) is 0.687. The smallest absolute Gasteiger partial charge is 0.357 e. The van der Waals surface area contributed by atoms with Gasteiger partial charge < -0.3 is 9.88 Å². The molecular formula is C22H20ClF3N6. The van der Waals surface area contributed by atoms with Crippen LogP contribution in [0, 0.1) is 6.92 Å². The van der Waals surface area contributed by atoms with E-state index in [0.717, 1.165) is 35.5 Å². The van der Waals surface area contributed by atoms with Crippen LogP contribution < -0.4 is 4.90 Å². The summed E-state index contributed by atoms with van der Waals surface area (Å²) in [7, 11) is 0. The van der Waals surface area contributed by atoms with Crippen molar-refractivity contribution < 1.29 is 13.2 Å². The predicted molar refractivity (Wildman–Crippen MR) is 116 cm³/mol. The van der Waals surface area contributed by atoms with Gasteiger partial charge in [0.1, 0.15) is 11.5 Å². The van der Waals surface area contributed by atoms with Crippen LogP contribution in [0.2, 0.25) is 5.02 Å². The average Bonchev–Trinajstić information content (AvgIpc) is 3.49. The Hall–Kier alpha value is -3.07. The van der Waals surface area contributed by atoms with E-state index in [1.54, 1.807) is 0 Å². The van der Waals surface area contributed by atoms with Gasteiger partial charge in [0, 0.05) is 11.6 Å². The van der Waals surface area contributed by atoms with Gasteiger partial charge in [0.2, 0.25) is 0 Å². The summed E-state index contributed by atoms with van der Waals surface area (Å²) in [6, 6.07) is 7.33. The van der Waals surface area contributed by atoms with Crippen LogP contribution in [0.25, 0.3) is 16.7 Å². The zero-order chi connectivity index (χ0) is 22.7. The number of fused-ring (bicyclic) bond motifs is 1. The molecule has 3 heterocycles. The molecule has 0 bridgehead atoms. The highest BCUT2D eigenvalue weighted by atomic mass is 35.5. The van der Waals surface area contributed by atoms with E-state index in [0.29, 0.717) is 28.8 Å². The van der Waals surface area contributed by atoms with Crippen LogP contribution in [0.5, 0.6) is 0 Å². The summed E-state index contributed by atoms with van der Waals surface area (Å²) in [5, 5.41) is 8.91. The second-order valence-corrected chi connectivity index (χ2v) is 8.61. The van der Waals surface area contributed by atoms with Crippen LogP contribution in [-0.4, -0.2) is 31.5 Å². The second-order valence-electron chi connectivity index (χ2n) is 8.20. The number of benzene rings is 2. The molecule has 4 aromatic rings. The Bertz CT molecular complexity index is 1300. The number of anilines is 1. The number of aromatic amines is 1. The quantitative estimate of drug-likeness (QED) is 0.430. The standard InChI is InChI=1S/C22H20ClF3N6/c1-13-15(23)5-6-16-19(13)30-20(29-16)21(2)8-3-11-31(21)18-12-14(22(24,25)26)4-7-17(18)32-27-9-10-28-32/h4-7,9-10,12H,3,8,11H2,1-2H3,(H,29,30)/t21-/m0/s1. The minimum atomic E-state index is -4.46. The lowest BCUT2D eigenvalue weighted by Crippen LogP contribution is -2.40. The van der Waals surface area contributed by atoms with Gasteiger partial charge in [-0.05, 0) is 62.6 Å². The molecule has 32 heavy (non-hydrogen) atoms. The molecule has 1 aliphatic heterocycles. The lowest BCUT2D eigenvalue weighted by atomic mass is 9.96. The van der Waals surface area contributed by atoms with Crippen molar-refractivity contribution in [1.82, 2.24) is 25.0 Å². The molecule has 0 aliphatic carbocycles. The maximum absolute atomic E-state index is 13.6. The highest BCUT2D eigenvalue weighted by Gasteiger charge is 2.43. The maximum atomic E-state index is 13.6. The average molecular weight is 461 g/mol. The van der Waals surface area contributed by atoms with Gasteiger partial charge in [0.25, 0.3) is 0 Å². The van der Waals surface area contributed by atoms with Gasteiger partial charge in [-0.15, -0.1) is 4.80 Å². The molecule has 1 saturated heterocycles. The normalized spacial score (nSPS) is 19.2. The molecule has 2 aromatic carbocycles. The summed E-state index contributed by atoms with van der Waals surface area (Å²) < 4.78 is 40.7. The van der Waals surface area contributed by atoms with Crippen molar-refractivity contribution >= 4 is 28.3 Å². The fraction of sp³-hybridized carbons (Fsp3) is 0.318. The molecule has 2 aromatic heterocycles. The fourth-order valence-corrected chi connectivity index (χ4v) is 4.62. The molecule has 0 radical (unpaired) electrons. The minimum absolute atomic E-state index is 0.409. The number of hydrogen-bond acceptors (Lipinski definition) is 4. The van der Waals surface area contributed by atoms with Crippen LogP contribution in [0.15, 0.2) is 42.7 Å². The zero-order valence-corrected chi connectivity index (χ0v) is 18.2.